The molecule has 1 aliphatic carbocycles. The molecule has 2 unspecified atom stereocenters. The first kappa shape index (κ1) is 19.8. The van der Waals surface area contributed by atoms with Crippen LogP contribution in [0, 0.1) is 18.8 Å². The van der Waals surface area contributed by atoms with Gasteiger partial charge in [0.25, 0.3) is 0 Å². The van der Waals surface area contributed by atoms with Gasteiger partial charge in [-0.2, -0.15) is 0 Å². The molecule has 1 aromatic carbocycles. The standard InChI is InChI=1S/C23H31NO3/c1-5-8-17-12-16(3)21(20(13-17)26-4)19-15-24-23(22(19)25)10-7-9-18(14-23)27-11-6-2/h12-13,18,24-25H,6-7,9-11,14-15H2,1-4H3. The van der Waals surface area contributed by atoms with Gasteiger partial charge in [0.1, 0.15) is 11.5 Å². The first-order valence-electron chi connectivity index (χ1n) is 9.95. The molecule has 2 N–H and O–H groups in total. The SMILES string of the molecule is CC#Cc1cc(C)c(C2=C(O)C3(CCCC(OCCC)C3)NC2)c(OC)c1. The lowest BCUT2D eigenvalue weighted by Gasteiger charge is -2.38. The fraction of sp³-hybridized carbons (Fsp3) is 0.565. The van der Waals surface area contributed by atoms with Gasteiger partial charge in [0.2, 0.25) is 0 Å². The molecule has 0 aromatic heterocycles. The van der Waals surface area contributed by atoms with Crippen LogP contribution in [-0.2, 0) is 4.74 Å². The topological polar surface area (TPSA) is 50.7 Å². The van der Waals surface area contributed by atoms with Gasteiger partial charge in [-0.25, -0.2) is 0 Å². The maximum Gasteiger partial charge on any atom is 0.128 e. The van der Waals surface area contributed by atoms with Crippen LogP contribution in [0.2, 0.25) is 0 Å². The third-order valence-electron chi connectivity index (χ3n) is 5.70. The highest BCUT2D eigenvalue weighted by atomic mass is 16.5. The second-order valence-corrected chi connectivity index (χ2v) is 7.60. The molecule has 3 rings (SSSR count). The molecule has 1 aromatic rings. The van der Waals surface area contributed by atoms with Gasteiger partial charge in [0.15, 0.2) is 0 Å². The molecule has 1 saturated carbocycles. The van der Waals surface area contributed by atoms with Crippen molar-refractivity contribution in [3.63, 3.8) is 0 Å². The van der Waals surface area contributed by atoms with Crippen molar-refractivity contribution < 1.29 is 14.6 Å². The summed E-state index contributed by atoms with van der Waals surface area (Å²) in [6.45, 7) is 7.43. The van der Waals surface area contributed by atoms with Gasteiger partial charge in [0, 0.05) is 29.9 Å². The molecule has 2 aliphatic rings. The quantitative estimate of drug-likeness (QED) is 0.758. The minimum absolute atomic E-state index is 0.206. The molecule has 1 heterocycles. The summed E-state index contributed by atoms with van der Waals surface area (Å²) >= 11 is 0. The van der Waals surface area contributed by atoms with E-state index in [1.807, 2.05) is 13.0 Å². The second kappa shape index (κ2) is 8.37. The predicted molar refractivity (Wildman–Crippen MR) is 109 cm³/mol. The molecular formula is C23H31NO3. The highest BCUT2D eigenvalue weighted by molar-refractivity contribution is 5.79. The van der Waals surface area contributed by atoms with Crippen LogP contribution in [0.5, 0.6) is 5.75 Å². The van der Waals surface area contributed by atoms with Gasteiger partial charge in [-0.3, -0.25) is 0 Å². The van der Waals surface area contributed by atoms with Gasteiger partial charge >= 0.3 is 0 Å². The molecule has 146 valence electrons. The van der Waals surface area contributed by atoms with Crippen LogP contribution in [0.15, 0.2) is 17.9 Å². The van der Waals surface area contributed by atoms with Crippen molar-refractivity contribution in [3.8, 4) is 17.6 Å². The zero-order valence-electron chi connectivity index (χ0n) is 16.9. The van der Waals surface area contributed by atoms with Crippen molar-refractivity contribution in [2.45, 2.75) is 64.5 Å². The van der Waals surface area contributed by atoms with E-state index in [1.54, 1.807) is 7.11 Å². The fourth-order valence-corrected chi connectivity index (χ4v) is 4.47. The summed E-state index contributed by atoms with van der Waals surface area (Å²) in [7, 11) is 1.67. The Morgan fingerprint density at radius 1 is 1.37 bits per heavy atom. The highest BCUT2D eigenvalue weighted by Crippen LogP contribution is 2.44. The third kappa shape index (κ3) is 3.85. The predicted octanol–water partition coefficient (Wildman–Crippen LogP) is 4.36. The summed E-state index contributed by atoms with van der Waals surface area (Å²) in [5, 5.41) is 14.9. The highest BCUT2D eigenvalue weighted by Gasteiger charge is 2.45. The van der Waals surface area contributed by atoms with Crippen LogP contribution in [0.4, 0.5) is 0 Å². The summed E-state index contributed by atoms with van der Waals surface area (Å²) in [5.74, 6) is 7.26. The molecule has 0 amide bonds. The molecule has 0 radical (unpaired) electrons. The number of aliphatic hydroxyl groups excluding tert-OH is 1. The van der Waals surface area contributed by atoms with Gasteiger partial charge < -0.3 is 19.9 Å². The van der Waals surface area contributed by atoms with Crippen LogP contribution in [0.1, 0.15) is 62.6 Å². The molecular weight excluding hydrogens is 338 g/mol. The lowest BCUT2D eigenvalue weighted by Crippen LogP contribution is -2.48. The number of nitrogens with one attached hydrogen (secondary N) is 1. The summed E-state index contributed by atoms with van der Waals surface area (Å²) in [6.07, 6.45) is 5.11. The number of hydrogen-bond acceptors (Lipinski definition) is 4. The molecule has 0 saturated heterocycles. The molecule has 1 fully saturated rings. The van der Waals surface area contributed by atoms with Gasteiger partial charge in [-0.05, 0) is 63.6 Å². The Hall–Kier alpha value is -1.96. The minimum atomic E-state index is -0.370. The van der Waals surface area contributed by atoms with E-state index in [9.17, 15) is 5.11 Å². The minimum Gasteiger partial charge on any atom is -0.510 e. The maximum absolute atomic E-state index is 11.3. The zero-order chi connectivity index (χ0) is 19.4. The van der Waals surface area contributed by atoms with Crippen molar-refractivity contribution in [1.82, 2.24) is 5.32 Å². The Kier molecular flexibility index (Phi) is 6.14. The maximum atomic E-state index is 11.3. The molecule has 4 nitrogen and oxygen atoms in total. The first-order chi connectivity index (χ1) is 13.0. The lowest BCUT2D eigenvalue weighted by atomic mass is 9.78. The van der Waals surface area contributed by atoms with Gasteiger partial charge in [0.05, 0.1) is 18.8 Å². The number of benzene rings is 1. The van der Waals surface area contributed by atoms with E-state index in [4.69, 9.17) is 9.47 Å². The van der Waals surface area contributed by atoms with Gasteiger partial charge in [-0.1, -0.05) is 12.8 Å². The van der Waals surface area contributed by atoms with Crippen molar-refractivity contribution in [2.24, 2.45) is 0 Å². The van der Waals surface area contributed by atoms with Crippen LogP contribution >= 0.6 is 0 Å². The number of rotatable bonds is 5. The molecule has 1 aliphatic heterocycles. The van der Waals surface area contributed by atoms with E-state index in [0.717, 1.165) is 66.7 Å². The van der Waals surface area contributed by atoms with Gasteiger partial charge in [-0.15, -0.1) is 5.92 Å². The number of hydrogen-bond donors (Lipinski definition) is 2. The van der Waals surface area contributed by atoms with E-state index in [2.05, 4.69) is 37.1 Å². The van der Waals surface area contributed by atoms with Crippen molar-refractivity contribution >= 4 is 5.57 Å². The smallest absolute Gasteiger partial charge is 0.128 e. The number of aliphatic hydroxyl groups is 1. The molecule has 1 spiro atoms. The summed E-state index contributed by atoms with van der Waals surface area (Å²) < 4.78 is 11.7. The summed E-state index contributed by atoms with van der Waals surface area (Å²) in [6, 6.07) is 4.02. The van der Waals surface area contributed by atoms with E-state index in [0.29, 0.717) is 12.3 Å². The van der Waals surface area contributed by atoms with Crippen molar-refractivity contribution in [1.29, 1.82) is 0 Å². The van der Waals surface area contributed by atoms with E-state index in [-0.39, 0.29) is 11.6 Å². The van der Waals surface area contributed by atoms with E-state index < -0.39 is 0 Å². The largest absolute Gasteiger partial charge is 0.510 e. The fourth-order valence-electron chi connectivity index (χ4n) is 4.47. The second-order valence-electron chi connectivity index (χ2n) is 7.60. The monoisotopic (exact) mass is 369 g/mol. The summed E-state index contributed by atoms with van der Waals surface area (Å²) in [5.41, 5.74) is 3.56. The number of ether oxygens (including phenoxy) is 2. The Bertz CT molecular complexity index is 787. The van der Waals surface area contributed by atoms with Crippen LogP contribution in [0.3, 0.4) is 0 Å². The zero-order valence-corrected chi connectivity index (χ0v) is 16.9. The van der Waals surface area contributed by atoms with Crippen LogP contribution in [0.25, 0.3) is 5.57 Å². The van der Waals surface area contributed by atoms with Crippen LogP contribution in [-0.4, -0.2) is 37.0 Å². The Balaban J connectivity index is 1.96. The Morgan fingerprint density at radius 2 is 2.19 bits per heavy atom. The van der Waals surface area contributed by atoms with Crippen molar-refractivity contribution in [3.05, 3.63) is 34.6 Å². The molecule has 27 heavy (non-hydrogen) atoms. The van der Waals surface area contributed by atoms with E-state index in [1.165, 1.54) is 0 Å². The Labute approximate surface area is 163 Å². The molecule has 2 atom stereocenters. The van der Waals surface area contributed by atoms with Crippen molar-refractivity contribution in [2.75, 3.05) is 20.3 Å². The average Bonchev–Trinajstić information content (AvgIpc) is 2.96. The third-order valence-corrected chi connectivity index (χ3v) is 5.70. The molecule has 0 bridgehead atoms. The normalized spacial score (nSPS) is 24.8. The van der Waals surface area contributed by atoms with Crippen LogP contribution < -0.4 is 10.1 Å². The summed E-state index contributed by atoms with van der Waals surface area (Å²) in [4.78, 5) is 0. The number of aryl methyl sites for hydroxylation is 1. The first-order valence-corrected chi connectivity index (χ1v) is 9.95. The average molecular weight is 370 g/mol. The van der Waals surface area contributed by atoms with E-state index >= 15 is 0 Å². The lowest BCUT2D eigenvalue weighted by molar-refractivity contribution is 0.00162. The Morgan fingerprint density at radius 3 is 2.89 bits per heavy atom. The number of methoxy groups -OCH3 is 1. The molecule has 4 heteroatoms.